The van der Waals surface area contributed by atoms with E-state index < -0.39 is 11.9 Å². The zero-order valence-electron chi connectivity index (χ0n) is 14.5. The Balaban J connectivity index is 1.58. The van der Waals surface area contributed by atoms with Gasteiger partial charge in [-0.25, -0.2) is 10.2 Å². The van der Waals surface area contributed by atoms with Crippen molar-refractivity contribution in [2.75, 3.05) is 0 Å². The van der Waals surface area contributed by atoms with E-state index in [1.807, 2.05) is 6.07 Å². The van der Waals surface area contributed by atoms with Crippen LogP contribution in [0.25, 0.3) is 0 Å². The van der Waals surface area contributed by atoms with E-state index in [1.54, 1.807) is 54.6 Å². The Morgan fingerprint density at radius 2 is 1.75 bits per heavy atom. The number of para-hydroxylation sites is 1. The molecule has 0 aliphatic carbocycles. The largest absolute Gasteiger partial charge is 0.507 e. The van der Waals surface area contributed by atoms with E-state index in [2.05, 4.69) is 26.5 Å². The number of nitrogens with one attached hydrogen (secondary N) is 1. The molecule has 0 spiro atoms. The Morgan fingerprint density at radius 3 is 2.46 bits per heavy atom. The lowest BCUT2D eigenvalue weighted by Crippen LogP contribution is -2.17. The predicted octanol–water partition coefficient (Wildman–Crippen LogP) is 4.14. The van der Waals surface area contributed by atoms with Gasteiger partial charge in [-0.2, -0.15) is 5.10 Å². The highest BCUT2D eigenvalue weighted by Gasteiger charge is 2.09. The van der Waals surface area contributed by atoms with Crippen LogP contribution in [0.1, 0.15) is 26.3 Å². The van der Waals surface area contributed by atoms with Crippen LogP contribution < -0.4 is 10.2 Å². The highest BCUT2D eigenvalue weighted by Crippen LogP contribution is 2.17. The molecule has 0 aromatic heterocycles. The highest BCUT2D eigenvalue weighted by atomic mass is 79.9. The van der Waals surface area contributed by atoms with Crippen LogP contribution in [-0.4, -0.2) is 23.2 Å². The van der Waals surface area contributed by atoms with E-state index in [4.69, 9.17) is 4.74 Å². The number of hydrogen-bond acceptors (Lipinski definition) is 5. The number of nitrogens with zero attached hydrogens (tertiary/aromatic N) is 1. The monoisotopic (exact) mass is 438 g/mol. The van der Waals surface area contributed by atoms with Crippen molar-refractivity contribution in [2.24, 2.45) is 5.10 Å². The van der Waals surface area contributed by atoms with Crippen molar-refractivity contribution < 1.29 is 19.4 Å². The summed E-state index contributed by atoms with van der Waals surface area (Å²) in [5.74, 6) is -0.709. The summed E-state index contributed by atoms with van der Waals surface area (Å²) in [5, 5.41) is 13.5. The number of phenols is 1. The summed E-state index contributed by atoms with van der Waals surface area (Å²) in [5.41, 5.74) is 3.61. The number of amides is 1. The van der Waals surface area contributed by atoms with Crippen molar-refractivity contribution in [3.63, 3.8) is 0 Å². The van der Waals surface area contributed by atoms with Crippen molar-refractivity contribution in [1.82, 2.24) is 5.43 Å². The molecule has 0 saturated heterocycles. The first-order valence-electron chi connectivity index (χ1n) is 8.22. The number of benzene rings is 3. The number of hydrogen-bond donors (Lipinski definition) is 2. The minimum atomic E-state index is -0.520. The summed E-state index contributed by atoms with van der Waals surface area (Å²) in [6.07, 6.45) is 1.44. The molecule has 0 aliphatic rings. The molecule has 0 bridgehead atoms. The summed E-state index contributed by atoms with van der Waals surface area (Å²) < 4.78 is 6.11. The third-order valence-electron chi connectivity index (χ3n) is 3.68. The second-order valence-electron chi connectivity index (χ2n) is 5.69. The zero-order chi connectivity index (χ0) is 19.9. The molecule has 28 heavy (non-hydrogen) atoms. The van der Waals surface area contributed by atoms with E-state index in [1.165, 1.54) is 18.3 Å². The summed E-state index contributed by atoms with van der Waals surface area (Å²) in [4.78, 5) is 24.1. The number of rotatable bonds is 5. The van der Waals surface area contributed by atoms with Crippen LogP contribution in [0.3, 0.4) is 0 Å². The lowest BCUT2D eigenvalue weighted by atomic mass is 10.2. The van der Waals surface area contributed by atoms with Gasteiger partial charge in [-0.05, 0) is 60.2 Å². The maximum absolute atomic E-state index is 12.1. The topological polar surface area (TPSA) is 88.0 Å². The molecule has 3 aromatic carbocycles. The molecule has 3 aromatic rings. The fourth-order valence-corrected chi connectivity index (χ4v) is 2.69. The molecule has 0 unspecified atom stereocenters. The van der Waals surface area contributed by atoms with Gasteiger partial charge in [-0.3, -0.25) is 4.79 Å². The number of halogens is 1. The van der Waals surface area contributed by atoms with E-state index in [0.29, 0.717) is 16.9 Å². The van der Waals surface area contributed by atoms with E-state index in [0.717, 1.165) is 4.47 Å². The van der Waals surface area contributed by atoms with Gasteiger partial charge in [0.05, 0.1) is 17.3 Å². The average Bonchev–Trinajstić information content (AvgIpc) is 2.69. The summed E-state index contributed by atoms with van der Waals surface area (Å²) in [7, 11) is 0. The Labute approximate surface area is 169 Å². The second-order valence-corrected chi connectivity index (χ2v) is 6.60. The van der Waals surface area contributed by atoms with Gasteiger partial charge in [0, 0.05) is 4.47 Å². The minimum Gasteiger partial charge on any atom is -0.507 e. The Morgan fingerprint density at radius 1 is 1.00 bits per heavy atom. The Kier molecular flexibility index (Phi) is 6.18. The van der Waals surface area contributed by atoms with Crippen LogP contribution in [0, 0.1) is 0 Å². The van der Waals surface area contributed by atoms with Gasteiger partial charge in [0.25, 0.3) is 5.91 Å². The Bertz CT molecular complexity index is 1030. The van der Waals surface area contributed by atoms with Gasteiger partial charge >= 0.3 is 5.97 Å². The van der Waals surface area contributed by atoms with Crippen LogP contribution in [0.5, 0.6) is 11.5 Å². The highest BCUT2D eigenvalue weighted by molar-refractivity contribution is 9.10. The summed E-state index contributed by atoms with van der Waals surface area (Å²) >= 11 is 3.31. The normalized spacial score (nSPS) is 10.6. The summed E-state index contributed by atoms with van der Waals surface area (Å²) in [6.45, 7) is 0. The lowest BCUT2D eigenvalue weighted by molar-refractivity contribution is 0.0734. The molecule has 0 aliphatic heterocycles. The smallest absolute Gasteiger partial charge is 0.343 e. The lowest BCUT2D eigenvalue weighted by Gasteiger charge is -2.05. The van der Waals surface area contributed by atoms with E-state index in [-0.39, 0.29) is 11.3 Å². The molecule has 6 nitrogen and oxygen atoms in total. The first-order valence-corrected chi connectivity index (χ1v) is 9.01. The first kappa shape index (κ1) is 19.3. The fraction of sp³-hybridized carbons (Fsp3) is 0. The molecule has 0 fully saturated rings. The maximum Gasteiger partial charge on any atom is 0.343 e. The van der Waals surface area contributed by atoms with Gasteiger partial charge < -0.3 is 9.84 Å². The third kappa shape index (κ3) is 5.05. The van der Waals surface area contributed by atoms with Crippen molar-refractivity contribution in [1.29, 1.82) is 0 Å². The molecular weight excluding hydrogens is 424 g/mol. The van der Waals surface area contributed by atoms with Crippen LogP contribution in [-0.2, 0) is 0 Å². The Hall–Kier alpha value is -3.45. The molecule has 7 heteroatoms. The second kappa shape index (κ2) is 8.96. The maximum atomic E-state index is 12.1. The average molecular weight is 439 g/mol. The molecule has 0 heterocycles. The fourth-order valence-electron chi connectivity index (χ4n) is 2.29. The van der Waals surface area contributed by atoms with E-state index >= 15 is 0 Å². The number of phenolic OH excluding ortho intramolecular Hbond substituents is 1. The molecule has 0 saturated carbocycles. The van der Waals surface area contributed by atoms with Gasteiger partial charge in [0.1, 0.15) is 11.5 Å². The molecule has 2 N–H and O–H groups in total. The number of hydrazone groups is 1. The molecule has 0 radical (unpaired) electrons. The van der Waals surface area contributed by atoms with E-state index in [9.17, 15) is 14.7 Å². The van der Waals surface area contributed by atoms with Crippen molar-refractivity contribution in [2.45, 2.75) is 0 Å². The molecular formula is C21H15BrN2O4. The number of carbonyl (C=O) groups is 2. The van der Waals surface area contributed by atoms with Gasteiger partial charge in [-0.15, -0.1) is 0 Å². The van der Waals surface area contributed by atoms with Crippen molar-refractivity contribution in [3.8, 4) is 11.5 Å². The molecule has 0 atom stereocenters. The third-order valence-corrected chi connectivity index (χ3v) is 4.17. The minimum absolute atomic E-state index is 0.119. The predicted molar refractivity (Wildman–Crippen MR) is 109 cm³/mol. The first-order chi connectivity index (χ1) is 13.5. The van der Waals surface area contributed by atoms with Crippen LogP contribution in [0.4, 0.5) is 0 Å². The van der Waals surface area contributed by atoms with Crippen molar-refractivity contribution >= 4 is 34.0 Å². The molecule has 3 rings (SSSR count). The zero-order valence-corrected chi connectivity index (χ0v) is 16.1. The van der Waals surface area contributed by atoms with Crippen molar-refractivity contribution in [3.05, 3.63) is 94.0 Å². The van der Waals surface area contributed by atoms with Crippen LogP contribution in [0.2, 0.25) is 0 Å². The quantitative estimate of drug-likeness (QED) is 0.271. The van der Waals surface area contributed by atoms with Gasteiger partial charge in [0.15, 0.2) is 0 Å². The van der Waals surface area contributed by atoms with Crippen LogP contribution in [0.15, 0.2) is 82.4 Å². The number of aromatic hydroxyl groups is 1. The SMILES string of the molecule is O=C(Oc1ccc(C=NNC(=O)c2ccccc2O)cc1)c1cccc(Br)c1. The number of ether oxygens (including phenoxy) is 1. The van der Waals surface area contributed by atoms with Crippen LogP contribution >= 0.6 is 15.9 Å². The molecule has 1 amide bonds. The standard InChI is InChI=1S/C21H15BrN2O4/c22-16-5-3-4-15(12-16)21(27)28-17-10-8-14(9-11-17)13-23-24-20(26)18-6-1-2-7-19(18)25/h1-13,25H,(H,24,26). The number of carbonyl (C=O) groups excluding carboxylic acids is 2. The van der Waals surface area contributed by atoms with Gasteiger partial charge in [0.2, 0.25) is 0 Å². The number of esters is 1. The van der Waals surface area contributed by atoms with Gasteiger partial charge in [-0.1, -0.05) is 34.1 Å². The summed E-state index contributed by atoms with van der Waals surface area (Å²) in [6, 6.07) is 19.8. The molecule has 140 valence electrons.